The number of rotatable bonds is 10. The van der Waals surface area contributed by atoms with E-state index >= 15 is 0 Å². The second kappa shape index (κ2) is 11.4. The number of amides is 2. The standard InChI is InChI=1S/C28H31N3O9S/c1-5-29(6-2)26(33)20-9-7-8-10-21(20)41(38,39)25-16(3)23-22(17(4)32)27(34)30(23)24(25)28(35)40-15-18-11-13-19(14-12-18)31(36)37/h7-14,16-17,22-23,32H,5-6,15H2,1-4H3/t16?,17?,22?,23-/m0/s1. The summed E-state index contributed by atoms with van der Waals surface area (Å²) in [5.41, 5.74) is -0.279. The third-order valence-corrected chi connectivity index (χ3v) is 9.65. The van der Waals surface area contributed by atoms with Crippen molar-refractivity contribution < 1.29 is 37.6 Å². The lowest BCUT2D eigenvalue weighted by atomic mass is 9.79. The number of aliphatic hydroxyl groups is 1. The van der Waals surface area contributed by atoms with Gasteiger partial charge in [0.05, 0.1) is 38.4 Å². The summed E-state index contributed by atoms with van der Waals surface area (Å²) in [5.74, 6) is -4.01. The zero-order valence-electron chi connectivity index (χ0n) is 23.0. The van der Waals surface area contributed by atoms with E-state index in [4.69, 9.17) is 4.74 Å². The first-order valence-electron chi connectivity index (χ1n) is 13.2. The third-order valence-electron chi connectivity index (χ3n) is 7.57. The molecule has 1 fully saturated rings. The number of carbonyl (C=O) groups excluding carboxylic acids is 3. The number of sulfone groups is 1. The van der Waals surface area contributed by atoms with E-state index in [9.17, 15) is 38.0 Å². The number of non-ortho nitro benzene ring substituents is 1. The summed E-state index contributed by atoms with van der Waals surface area (Å²) in [4.78, 5) is 52.0. The molecule has 0 bridgehead atoms. The van der Waals surface area contributed by atoms with Crippen LogP contribution in [0.3, 0.4) is 0 Å². The van der Waals surface area contributed by atoms with Gasteiger partial charge in [-0.2, -0.15) is 0 Å². The number of nitro benzene ring substituents is 1. The van der Waals surface area contributed by atoms with Crippen LogP contribution in [-0.2, 0) is 30.8 Å². The topological polar surface area (TPSA) is 164 Å². The number of aliphatic hydroxyl groups excluding tert-OH is 1. The van der Waals surface area contributed by atoms with Crippen LogP contribution in [0.2, 0.25) is 0 Å². The van der Waals surface area contributed by atoms with Crippen molar-refractivity contribution in [2.24, 2.45) is 11.8 Å². The molecule has 1 N–H and O–H groups in total. The van der Waals surface area contributed by atoms with E-state index < -0.39 is 62.2 Å². The molecule has 2 aliphatic rings. The highest BCUT2D eigenvalue weighted by Crippen LogP contribution is 2.50. The van der Waals surface area contributed by atoms with Crippen molar-refractivity contribution >= 4 is 33.3 Å². The van der Waals surface area contributed by atoms with Gasteiger partial charge >= 0.3 is 5.97 Å². The van der Waals surface area contributed by atoms with Gasteiger partial charge in [-0.15, -0.1) is 0 Å². The fourth-order valence-electron chi connectivity index (χ4n) is 5.49. The van der Waals surface area contributed by atoms with Crippen LogP contribution in [0.4, 0.5) is 5.69 Å². The maximum atomic E-state index is 14.3. The number of ether oxygens (including phenoxy) is 1. The SMILES string of the molecule is CCN(CC)C(=O)c1ccccc1S(=O)(=O)C1=C(C(=O)OCc2ccc([N+](=O)[O-])cc2)N2C(=O)C(C(C)O)[C@@H]2C1C. The molecule has 3 unspecified atom stereocenters. The van der Waals surface area contributed by atoms with Crippen LogP contribution >= 0.6 is 0 Å². The van der Waals surface area contributed by atoms with Crippen molar-refractivity contribution in [1.82, 2.24) is 9.80 Å². The highest BCUT2D eigenvalue weighted by atomic mass is 32.2. The number of hydrogen-bond donors (Lipinski definition) is 1. The second-order valence-corrected chi connectivity index (χ2v) is 11.8. The lowest BCUT2D eigenvalue weighted by Crippen LogP contribution is -2.63. The summed E-state index contributed by atoms with van der Waals surface area (Å²) in [5, 5.41) is 21.2. The van der Waals surface area contributed by atoms with Crippen molar-refractivity contribution in [2.45, 2.75) is 51.3 Å². The number of benzene rings is 2. The Labute approximate surface area is 237 Å². The Balaban J connectivity index is 1.78. The van der Waals surface area contributed by atoms with Gasteiger partial charge in [-0.25, -0.2) is 13.2 Å². The van der Waals surface area contributed by atoms with Crippen LogP contribution in [0.25, 0.3) is 0 Å². The molecule has 13 heteroatoms. The third kappa shape index (κ3) is 5.10. The van der Waals surface area contributed by atoms with Crippen molar-refractivity contribution in [2.75, 3.05) is 13.1 Å². The molecule has 12 nitrogen and oxygen atoms in total. The maximum Gasteiger partial charge on any atom is 0.356 e. The summed E-state index contributed by atoms with van der Waals surface area (Å²) in [6.45, 7) is 6.87. The summed E-state index contributed by atoms with van der Waals surface area (Å²) in [7, 11) is -4.52. The largest absolute Gasteiger partial charge is 0.456 e. The zero-order valence-corrected chi connectivity index (χ0v) is 23.8. The Hall–Kier alpha value is -4.10. The molecule has 2 aromatic rings. The first-order valence-corrected chi connectivity index (χ1v) is 14.6. The van der Waals surface area contributed by atoms with Gasteiger partial charge in [-0.3, -0.25) is 19.7 Å². The minimum Gasteiger partial charge on any atom is -0.456 e. The van der Waals surface area contributed by atoms with E-state index in [1.165, 1.54) is 54.3 Å². The van der Waals surface area contributed by atoms with Gasteiger partial charge in [0.15, 0.2) is 0 Å². The Bertz CT molecular complexity index is 1530. The van der Waals surface area contributed by atoms with Crippen molar-refractivity contribution in [1.29, 1.82) is 0 Å². The normalized spacial score (nSPS) is 20.8. The highest BCUT2D eigenvalue weighted by Gasteiger charge is 2.62. The van der Waals surface area contributed by atoms with Crippen molar-refractivity contribution in [3.05, 3.63) is 80.4 Å². The highest BCUT2D eigenvalue weighted by molar-refractivity contribution is 7.95. The van der Waals surface area contributed by atoms with Crippen molar-refractivity contribution in [3.63, 3.8) is 0 Å². The lowest BCUT2D eigenvalue weighted by Gasteiger charge is -2.46. The minimum atomic E-state index is -4.52. The first-order chi connectivity index (χ1) is 19.4. The van der Waals surface area contributed by atoms with Gasteiger partial charge < -0.3 is 19.6 Å². The monoisotopic (exact) mass is 585 g/mol. The molecule has 4 rings (SSSR count). The smallest absolute Gasteiger partial charge is 0.356 e. The average molecular weight is 586 g/mol. The van der Waals surface area contributed by atoms with E-state index in [0.717, 1.165) is 4.90 Å². The van der Waals surface area contributed by atoms with Crippen LogP contribution < -0.4 is 0 Å². The molecule has 41 heavy (non-hydrogen) atoms. The van der Waals surface area contributed by atoms with Crippen LogP contribution in [-0.4, -0.2) is 71.3 Å². The van der Waals surface area contributed by atoms with Gasteiger partial charge in [-0.1, -0.05) is 19.1 Å². The number of esters is 1. The molecule has 0 saturated carbocycles. The van der Waals surface area contributed by atoms with Gasteiger partial charge in [0.25, 0.3) is 11.6 Å². The van der Waals surface area contributed by atoms with Crippen LogP contribution in [0, 0.1) is 22.0 Å². The molecule has 0 aliphatic carbocycles. The predicted octanol–water partition coefficient (Wildman–Crippen LogP) is 2.66. The summed E-state index contributed by atoms with van der Waals surface area (Å²) in [6, 6.07) is 10.2. The minimum absolute atomic E-state index is 0.0675. The molecular weight excluding hydrogens is 554 g/mol. The van der Waals surface area contributed by atoms with Gasteiger partial charge in [0.2, 0.25) is 15.7 Å². The Morgan fingerprint density at radius 3 is 2.29 bits per heavy atom. The van der Waals surface area contributed by atoms with Crippen LogP contribution in [0.15, 0.2) is 64.0 Å². The number of fused-ring (bicyclic) bond motifs is 1. The van der Waals surface area contributed by atoms with Gasteiger partial charge in [-0.05, 0) is 50.6 Å². The molecule has 2 aliphatic heterocycles. The molecule has 2 aromatic carbocycles. The fourth-order valence-corrected chi connectivity index (χ4v) is 7.49. The fraction of sp³-hybridized carbons (Fsp3) is 0.393. The predicted molar refractivity (Wildman–Crippen MR) is 146 cm³/mol. The number of carbonyl (C=O) groups is 3. The molecular formula is C28H31N3O9S. The van der Waals surface area contributed by atoms with E-state index in [-0.39, 0.29) is 27.7 Å². The van der Waals surface area contributed by atoms with E-state index in [1.807, 2.05) is 0 Å². The summed E-state index contributed by atoms with van der Waals surface area (Å²) < 4.78 is 33.9. The Morgan fingerprint density at radius 1 is 1.12 bits per heavy atom. The number of nitro groups is 1. The molecule has 4 atom stereocenters. The Morgan fingerprint density at radius 2 is 1.73 bits per heavy atom. The van der Waals surface area contributed by atoms with Crippen LogP contribution in [0.5, 0.6) is 0 Å². The summed E-state index contributed by atoms with van der Waals surface area (Å²) in [6.07, 6.45) is -1.10. The number of nitrogens with zero attached hydrogens (tertiary/aromatic N) is 3. The van der Waals surface area contributed by atoms with Crippen LogP contribution in [0.1, 0.15) is 43.6 Å². The lowest BCUT2D eigenvalue weighted by molar-refractivity contribution is -0.384. The molecule has 218 valence electrons. The molecule has 0 spiro atoms. The second-order valence-electron chi connectivity index (χ2n) is 9.94. The van der Waals surface area contributed by atoms with E-state index in [2.05, 4.69) is 0 Å². The summed E-state index contributed by atoms with van der Waals surface area (Å²) >= 11 is 0. The Kier molecular flexibility index (Phi) is 8.31. The quantitative estimate of drug-likeness (QED) is 0.191. The van der Waals surface area contributed by atoms with E-state index in [1.54, 1.807) is 26.8 Å². The molecule has 0 aromatic heterocycles. The first kappa shape index (κ1) is 29.9. The number of β-lactam (4-membered cyclic amide) rings is 1. The van der Waals surface area contributed by atoms with Gasteiger partial charge in [0.1, 0.15) is 12.3 Å². The number of hydrogen-bond acceptors (Lipinski definition) is 9. The van der Waals surface area contributed by atoms with Crippen molar-refractivity contribution in [3.8, 4) is 0 Å². The van der Waals surface area contributed by atoms with E-state index in [0.29, 0.717) is 18.7 Å². The molecule has 0 radical (unpaired) electrons. The molecule has 2 heterocycles. The average Bonchev–Trinajstić information content (AvgIpc) is 3.21. The molecule has 1 saturated heterocycles. The molecule has 2 amide bonds. The van der Waals surface area contributed by atoms with Gasteiger partial charge in [0, 0.05) is 31.1 Å². The zero-order chi connectivity index (χ0) is 30.2. The maximum absolute atomic E-state index is 14.3.